The molecule has 0 bridgehead atoms. The number of fused-ring (bicyclic) bond motifs is 1. The average molecular weight is 286 g/mol. The monoisotopic (exact) mass is 286 g/mol. The van der Waals surface area contributed by atoms with Gasteiger partial charge in [0.25, 0.3) is 0 Å². The zero-order chi connectivity index (χ0) is 14.9. The number of hydrogen-bond donors (Lipinski definition) is 2. The van der Waals surface area contributed by atoms with E-state index in [0.29, 0.717) is 5.95 Å². The van der Waals surface area contributed by atoms with Gasteiger partial charge in [0.1, 0.15) is 5.82 Å². The van der Waals surface area contributed by atoms with Crippen molar-refractivity contribution in [2.45, 2.75) is 33.7 Å². The minimum absolute atomic E-state index is 0.204. The normalized spacial score (nSPS) is 14.9. The molecule has 1 aliphatic rings. The maximum atomic E-state index is 4.63. The first-order valence-electron chi connectivity index (χ1n) is 7.34. The van der Waals surface area contributed by atoms with Crippen LogP contribution in [0.1, 0.15) is 32.2 Å². The van der Waals surface area contributed by atoms with Gasteiger partial charge in [-0.15, -0.1) is 0 Å². The van der Waals surface area contributed by atoms with Crippen molar-refractivity contribution in [1.82, 2.24) is 19.9 Å². The van der Waals surface area contributed by atoms with E-state index in [9.17, 15) is 0 Å². The van der Waals surface area contributed by atoms with Gasteiger partial charge in [0, 0.05) is 25.7 Å². The van der Waals surface area contributed by atoms with Gasteiger partial charge in [0.05, 0.1) is 24.3 Å². The fourth-order valence-electron chi connectivity index (χ4n) is 2.36. The molecule has 3 heterocycles. The summed E-state index contributed by atoms with van der Waals surface area (Å²) in [5.74, 6) is 1.65. The van der Waals surface area contributed by atoms with E-state index in [4.69, 9.17) is 0 Å². The van der Waals surface area contributed by atoms with Crippen molar-refractivity contribution in [3.8, 4) is 0 Å². The molecule has 21 heavy (non-hydrogen) atoms. The van der Waals surface area contributed by atoms with Crippen LogP contribution in [0.2, 0.25) is 0 Å². The largest absolute Gasteiger partial charge is 0.354 e. The Balaban J connectivity index is 1.72. The highest BCUT2D eigenvalue weighted by Crippen LogP contribution is 2.21. The summed E-state index contributed by atoms with van der Waals surface area (Å²) in [6, 6.07) is 1.96. The van der Waals surface area contributed by atoms with E-state index in [1.165, 1.54) is 11.4 Å². The van der Waals surface area contributed by atoms with Gasteiger partial charge in [-0.2, -0.15) is 4.98 Å². The first-order chi connectivity index (χ1) is 10.0. The second kappa shape index (κ2) is 5.35. The smallest absolute Gasteiger partial charge is 0.224 e. The lowest BCUT2D eigenvalue weighted by molar-refractivity contribution is 0.442. The zero-order valence-corrected chi connectivity index (χ0v) is 12.8. The molecule has 2 aromatic heterocycles. The molecular weight excluding hydrogens is 264 g/mol. The third kappa shape index (κ3) is 3.32. The molecular formula is C15H22N6. The van der Waals surface area contributed by atoms with Gasteiger partial charge in [-0.25, -0.2) is 9.97 Å². The van der Waals surface area contributed by atoms with Crippen LogP contribution in [-0.4, -0.2) is 33.0 Å². The Morgan fingerprint density at radius 1 is 1.33 bits per heavy atom. The van der Waals surface area contributed by atoms with E-state index < -0.39 is 0 Å². The summed E-state index contributed by atoms with van der Waals surface area (Å²) >= 11 is 0. The molecule has 2 aromatic rings. The Labute approximate surface area is 125 Å². The van der Waals surface area contributed by atoms with E-state index in [1.54, 1.807) is 6.33 Å². The third-order valence-electron chi connectivity index (χ3n) is 3.52. The molecule has 2 N–H and O–H groups in total. The Kier molecular flexibility index (Phi) is 3.53. The molecule has 6 nitrogen and oxygen atoms in total. The molecule has 0 aliphatic carbocycles. The van der Waals surface area contributed by atoms with Gasteiger partial charge in [-0.05, 0) is 11.5 Å². The number of nitrogens with zero attached hydrogens (tertiary/aromatic N) is 4. The van der Waals surface area contributed by atoms with Crippen LogP contribution in [0.15, 0.2) is 18.6 Å². The molecule has 0 fully saturated rings. The Morgan fingerprint density at radius 2 is 2.19 bits per heavy atom. The fourth-order valence-corrected chi connectivity index (χ4v) is 2.36. The lowest BCUT2D eigenvalue weighted by Crippen LogP contribution is -2.31. The number of hydrogen-bond acceptors (Lipinski definition) is 5. The quantitative estimate of drug-likeness (QED) is 0.905. The molecule has 0 unspecified atom stereocenters. The van der Waals surface area contributed by atoms with Crippen LogP contribution in [0.25, 0.3) is 0 Å². The van der Waals surface area contributed by atoms with Crippen LogP contribution in [0.5, 0.6) is 0 Å². The van der Waals surface area contributed by atoms with Crippen molar-refractivity contribution in [3.05, 3.63) is 30.0 Å². The van der Waals surface area contributed by atoms with Gasteiger partial charge in [0.15, 0.2) is 0 Å². The van der Waals surface area contributed by atoms with E-state index in [1.807, 2.05) is 12.3 Å². The predicted molar refractivity (Wildman–Crippen MR) is 83.3 cm³/mol. The minimum Gasteiger partial charge on any atom is -0.354 e. The summed E-state index contributed by atoms with van der Waals surface area (Å²) in [6.07, 6.45) is 4.54. The first kappa shape index (κ1) is 13.9. The summed E-state index contributed by atoms with van der Waals surface area (Å²) < 4.78 is 0. The Bertz CT molecular complexity index is 613. The molecule has 6 heteroatoms. The summed E-state index contributed by atoms with van der Waals surface area (Å²) in [7, 11) is 0. The standard InChI is InChI=1S/C15H22N6/c1-15(2,3)9-17-14-16-6-4-13(20-14)21-7-5-11-12(8-21)19-10-18-11/h4,6,10H,5,7-9H2,1-3H3,(H,18,19)(H,16,17,20). The summed E-state index contributed by atoms with van der Waals surface area (Å²) in [4.78, 5) is 18.7. The van der Waals surface area contributed by atoms with Gasteiger partial charge < -0.3 is 15.2 Å². The van der Waals surface area contributed by atoms with Crippen LogP contribution < -0.4 is 10.2 Å². The zero-order valence-electron chi connectivity index (χ0n) is 12.8. The molecule has 1 aliphatic heterocycles. The van der Waals surface area contributed by atoms with Crippen LogP contribution >= 0.6 is 0 Å². The van der Waals surface area contributed by atoms with Gasteiger partial charge in [-0.1, -0.05) is 20.8 Å². The Morgan fingerprint density at radius 3 is 3.00 bits per heavy atom. The maximum absolute atomic E-state index is 4.63. The summed E-state index contributed by atoms with van der Waals surface area (Å²) in [5.41, 5.74) is 2.56. The number of imidazole rings is 1. The van der Waals surface area contributed by atoms with Crippen molar-refractivity contribution in [3.63, 3.8) is 0 Å². The van der Waals surface area contributed by atoms with Crippen molar-refractivity contribution in [2.24, 2.45) is 5.41 Å². The highest BCUT2D eigenvalue weighted by Gasteiger charge is 2.19. The molecule has 0 saturated carbocycles. The van der Waals surface area contributed by atoms with E-state index in [-0.39, 0.29) is 5.41 Å². The average Bonchev–Trinajstić information content (AvgIpc) is 2.92. The van der Waals surface area contributed by atoms with Gasteiger partial charge >= 0.3 is 0 Å². The first-order valence-corrected chi connectivity index (χ1v) is 7.34. The highest BCUT2D eigenvalue weighted by atomic mass is 15.2. The van der Waals surface area contributed by atoms with Crippen LogP contribution in [0.4, 0.5) is 11.8 Å². The number of anilines is 2. The lowest BCUT2D eigenvalue weighted by Gasteiger charge is -2.27. The van der Waals surface area contributed by atoms with Crippen molar-refractivity contribution >= 4 is 11.8 Å². The van der Waals surface area contributed by atoms with Crippen molar-refractivity contribution in [2.75, 3.05) is 23.3 Å². The van der Waals surface area contributed by atoms with E-state index in [0.717, 1.165) is 31.9 Å². The van der Waals surface area contributed by atoms with E-state index in [2.05, 4.69) is 50.9 Å². The number of aromatic amines is 1. The number of nitrogens with one attached hydrogen (secondary N) is 2. The maximum Gasteiger partial charge on any atom is 0.224 e. The summed E-state index contributed by atoms with van der Waals surface area (Å²) in [6.45, 7) is 9.18. The molecule has 0 saturated heterocycles. The molecule has 0 radical (unpaired) electrons. The van der Waals surface area contributed by atoms with Crippen LogP contribution in [-0.2, 0) is 13.0 Å². The molecule has 0 aromatic carbocycles. The van der Waals surface area contributed by atoms with Crippen molar-refractivity contribution in [1.29, 1.82) is 0 Å². The third-order valence-corrected chi connectivity index (χ3v) is 3.52. The van der Waals surface area contributed by atoms with Crippen LogP contribution in [0.3, 0.4) is 0 Å². The topological polar surface area (TPSA) is 69.7 Å². The van der Waals surface area contributed by atoms with Gasteiger partial charge in [0.2, 0.25) is 5.95 Å². The number of H-pyrrole nitrogens is 1. The summed E-state index contributed by atoms with van der Waals surface area (Å²) in [5, 5.41) is 3.31. The van der Waals surface area contributed by atoms with E-state index >= 15 is 0 Å². The SMILES string of the molecule is CC(C)(C)CNc1nccc(N2CCc3nc[nH]c3C2)n1. The molecule has 0 atom stereocenters. The van der Waals surface area contributed by atoms with Crippen molar-refractivity contribution < 1.29 is 0 Å². The number of aromatic nitrogens is 4. The number of rotatable bonds is 3. The molecule has 0 amide bonds. The second-order valence-corrected chi connectivity index (χ2v) is 6.65. The Hall–Kier alpha value is -2.11. The molecule has 3 rings (SSSR count). The van der Waals surface area contributed by atoms with Gasteiger partial charge in [-0.3, -0.25) is 0 Å². The molecule has 112 valence electrons. The predicted octanol–water partition coefficient (Wildman–Crippen LogP) is 2.22. The molecule has 0 spiro atoms. The second-order valence-electron chi connectivity index (χ2n) is 6.65. The lowest BCUT2D eigenvalue weighted by atomic mass is 9.97. The highest BCUT2D eigenvalue weighted by molar-refractivity contribution is 5.44. The fraction of sp³-hybridized carbons (Fsp3) is 0.533. The minimum atomic E-state index is 0.204. The van der Waals surface area contributed by atoms with Crippen LogP contribution in [0, 0.1) is 5.41 Å².